The number of fused-ring (bicyclic) bond motifs is 1. The molecule has 1 aromatic carbocycles. The Morgan fingerprint density at radius 1 is 1.33 bits per heavy atom. The zero-order valence-electron chi connectivity index (χ0n) is 13.3. The first-order valence-corrected chi connectivity index (χ1v) is 8.07. The van der Waals surface area contributed by atoms with Crippen LogP contribution in [0.25, 0.3) is 0 Å². The van der Waals surface area contributed by atoms with Crippen molar-refractivity contribution in [3.05, 3.63) is 29.3 Å². The lowest BCUT2D eigenvalue weighted by Gasteiger charge is -2.40. The molecule has 0 spiro atoms. The van der Waals surface area contributed by atoms with E-state index < -0.39 is 0 Å². The fourth-order valence-electron chi connectivity index (χ4n) is 3.68. The molecule has 3 unspecified atom stereocenters. The van der Waals surface area contributed by atoms with E-state index in [2.05, 4.69) is 25.7 Å². The van der Waals surface area contributed by atoms with Crippen LogP contribution in [0.1, 0.15) is 43.1 Å². The molecule has 0 N–H and O–H groups in total. The first kappa shape index (κ1) is 14.6. The highest BCUT2D eigenvalue weighted by Gasteiger charge is 2.30. The second-order valence-corrected chi connectivity index (χ2v) is 6.83. The summed E-state index contributed by atoms with van der Waals surface area (Å²) in [6.07, 6.45) is 2.19. The molecule has 2 aliphatic heterocycles. The lowest BCUT2D eigenvalue weighted by Crippen LogP contribution is -2.47. The Labute approximate surface area is 127 Å². The van der Waals surface area contributed by atoms with Crippen LogP contribution in [0.5, 0.6) is 5.75 Å². The second kappa shape index (κ2) is 5.80. The van der Waals surface area contributed by atoms with Crippen molar-refractivity contribution in [3.63, 3.8) is 0 Å². The van der Waals surface area contributed by atoms with Gasteiger partial charge >= 0.3 is 0 Å². The van der Waals surface area contributed by atoms with Crippen LogP contribution in [0.3, 0.4) is 0 Å². The number of likely N-dealkylation sites (tertiary alicyclic amines) is 1. The van der Waals surface area contributed by atoms with Gasteiger partial charge in [0.1, 0.15) is 5.75 Å². The highest BCUT2D eigenvalue weighted by Crippen LogP contribution is 2.28. The molecule has 1 fully saturated rings. The molecule has 2 heterocycles. The zero-order valence-corrected chi connectivity index (χ0v) is 13.3. The highest BCUT2D eigenvalue weighted by molar-refractivity contribution is 5.98. The second-order valence-electron chi connectivity index (χ2n) is 6.83. The zero-order chi connectivity index (χ0) is 15.0. The maximum atomic E-state index is 12.6. The number of piperidine rings is 1. The monoisotopic (exact) mass is 287 g/mol. The number of ketones is 1. The molecular weight excluding hydrogens is 262 g/mol. The van der Waals surface area contributed by atoms with Gasteiger partial charge in [-0.2, -0.15) is 0 Å². The minimum Gasteiger partial charge on any atom is -0.493 e. The van der Waals surface area contributed by atoms with E-state index in [1.54, 1.807) is 0 Å². The molecule has 3 atom stereocenters. The van der Waals surface area contributed by atoms with Crippen LogP contribution >= 0.6 is 0 Å². The standard InChI is InChI=1S/C18H25NO2/c1-12-8-13(2)14(3)19(10-12)11-17(20)15-4-5-18-16(9-15)6-7-21-18/h4-5,9,12-14H,6-8,10-11H2,1-3H3. The van der Waals surface area contributed by atoms with Crippen molar-refractivity contribution in [2.24, 2.45) is 11.8 Å². The SMILES string of the molecule is CC1CC(C)C(C)N(CC(=O)c2ccc3c(c2)CCO3)C1. The third kappa shape index (κ3) is 2.98. The number of hydrogen-bond acceptors (Lipinski definition) is 3. The summed E-state index contributed by atoms with van der Waals surface area (Å²) in [7, 11) is 0. The van der Waals surface area contributed by atoms with Crippen LogP contribution in [-0.4, -0.2) is 36.4 Å². The molecular formula is C18H25NO2. The molecule has 3 rings (SSSR count). The first-order valence-electron chi connectivity index (χ1n) is 8.07. The van der Waals surface area contributed by atoms with Crippen LogP contribution in [0, 0.1) is 11.8 Å². The Morgan fingerprint density at radius 3 is 2.95 bits per heavy atom. The van der Waals surface area contributed by atoms with Gasteiger partial charge in [0.2, 0.25) is 0 Å². The average Bonchev–Trinajstić information content (AvgIpc) is 2.91. The molecule has 2 aliphatic rings. The molecule has 0 aromatic heterocycles. The maximum absolute atomic E-state index is 12.6. The molecule has 1 aromatic rings. The van der Waals surface area contributed by atoms with Gasteiger partial charge in [-0.3, -0.25) is 9.69 Å². The molecule has 0 radical (unpaired) electrons. The summed E-state index contributed by atoms with van der Waals surface area (Å²) < 4.78 is 5.51. The average molecular weight is 287 g/mol. The Kier molecular flexibility index (Phi) is 4.03. The van der Waals surface area contributed by atoms with E-state index >= 15 is 0 Å². The number of benzene rings is 1. The van der Waals surface area contributed by atoms with Crippen LogP contribution in [0.4, 0.5) is 0 Å². The van der Waals surface area contributed by atoms with Gasteiger partial charge in [0.15, 0.2) is 5.78 Å². The molecule has 3 heteroatoms. The lowest BCUT2D eigenvalue weighted by molar-refractivity contribution is 0.0650. The van der Waals surface area contributed by atoms with E-state index in [1.165, 1.54) is 12.0 Å². The summed E-state index contributed by atoms with van der Waals surface area (Å²) in [4.78, 5) is 14.9. The molecule has 1 saturated heterocycles. The van der Waals surface area contributed by atoms with Gasteiger partial charge < -0.3 is 4.74 Å². The predicted molar refractivity (Wildman–Crippen MR) is 84.0 cm³/mol. The number of nitrogens with zero attached hydrogens (tertiary/aromatic N) is 1. The van der Waals surface area contributed by atoms with Crippen molar-refractivity contribution in [2.75, 3.05) is 19.7 Å². The van der Waals surface area contributed by atoms with Gasteiger partial charge in [-0.1, -0.05) is 13.8 Å². The van der Waals surface area contributed by atoms with Crippen LogP contribution in [-0.2, 0) is 6.42 Å². The maximum Gasteiger partial charge on any atom is 0.176 e. The smallest absolute Gasteiger partial charge is 0.176 e. The first-order chi connectivity index (χ1) is 10.0. The fraction of sp³-hybridized carbons (Fsp3) is 0.611. The van der Waals surface area contributed by atoms with Crippen molar-refractivity contribution in [1.29, 1.82) is 0 Å². The van der Waals surface area contributed by atoms with Crippen molar-refractivity contribution < 1.29 is 9.53 Å². The van der Waals surface area contributed by atoms with Crippen LogP contribution < -0.4 is 4.74 Å². The third-order valence-corrected chi connectivity index (χ3v) is 5.08. The van der Waals surface area contributed by atoms with E-state index in [4.69, 9.17) is 4.74 Å². The molecule has 0 saturated carbocycles. The van der Waals surface area contributed by atoms with E-state index in [9.17, 15) is 4.79 Å². The van der Waals surface area contributed by atoms with Gasteiger partial charge in [-0.25, -0.2) is 0 Å². The normalized spacial score (nSPS) is 29.0. The minimum atomic E-state index is 0.234. The topological polar surface area (TPSA) is 29.5 Å². The number of hydrogen-bond donors (Lipinski definition) is 0. The fourth-order valence-corrected chi connectivity index (χ4v) is 3.68. The summed E-state index contributed by atoms with van der Waals surface area (Å²) in [5.41, 5.74) is 2.01. The summed E-state index contributed by atoms with van der Waals surface area (Å²) in [6, 6.07) is 6.36. The molecule has 0 aliphatic carbocycles. The minimum absolute atomic E-state index is 0.234. The number of carbonyl (C=O) groups is 1. The van der Waals surface area contributed by atoms with Crippen molar-refractivity contribution in [1.82, 2.24) is 4.90 Å². The third-order valence-electron chi connectivity index (χ3n) is 5.08. The number of carbonyl (C=O) groups excluding carboxylic acids is 1. The molecule has 114 valence electrons. The Morgan fingerprint density at radius 2 is 2.14 bits per heavy atom. The van der Waals surface area contributed by atoms with Gasteiger partial charge in [0, 0.05) is 24.6 Å². The summed E-state index contributed by atoms with van der Waals surface area (Å²) in [6.45, 7) is 9.14. The van der Waals surface area contributed by atoms with Gasteiger partial charge in [0.05, 0.1) is 13.2 Å². The molecule has 21 heavy (non-hydrogen) atoms. The number of Topliss-reactive ketones (excluding diaryl/α,β-unsaturated/α-hetero) is 1. The predicted octanol–water partition coefficient (Wildman–Crippen LogP) is 3.17. The van der Waals surface area contributed by atoms with Crippen LogP contribution in [0.2, 0.25) is 0 Å². The van der Waals surface area contributed by atoms with E-state index in [1.807, 2.05) is 18.2 Å². The Balaban J connectivity index is 1.71. The van der Waals surface area contributed by atoms with Crippen LogP contribution in [0.15, 0.2) is 18.2 Å². The number of rotatable bonds is 3. The van der Waals surface area contributed by atoms with E-state index in [0.717, 1.165) is 30.9 Å². The highest BCUT2D eigenvalue weighted by atomic mass is 16.5. The Hall–Kier alpha value is -1.35. The van der Waals surface area contributed by atoms with Crippen molar-refractivity contribution >= 4 is 5.78 Å². The number of ether oxygens (including phenoxy) is 1. The van der Waals surface area contributed by atoms with E-state index in [-0.39, 0.29) is 5.78 Å². The van der Waals surface area contributed by atoms with Gasteiger partial charge in [0.25, 0.3) is 0 Å². The van der Waals surface area contributed by atoms with E-state index in [0.29, 0.717) is 24.4 Å². The molecule has 0 bridgehead atoms. The summed E-state index contributed by atoms with van der Waals surface area (Å²) >= 11 is 0. The lowest BCUT2D eigenvalue weighted by atomic mass is 9.85. The van der Waals surface area contributed by atoms with Gasteiger partial charge in [-0.05, 0) is 48.9 Å². The van der Waals surface area contributed by atoms with Gasteiger partial charge in [-0.15, -0.1) is 0 Å². The molecule has 3 nitrogen and oxygen atoms in total. The van der Waals surface area contributed by atoms with Crippen molar-refractivity contribution in [3.8, 4) is 5.75 Å². The van der Waals surface area contributed by atoms with Crippen molar-refractivity contribution in [2.45, 2.75) is 39.7 Å². The summed E-state index contributed by atoms with van der Waals surface area (Å²) in [5, 5.41) is 0. The quantitative estimate of drug-likeness (QED) is 0.800. The Bertz CT molecular complexity index is 540. The molecule has 0 amide bonds. The largest absolute Gasteiger partial charge is 0.493 e. The summed E-state index contributed by atoms with van der Waals surface area (Å²) in [5.74, 6) is 2.52.